The minimum Gasteiger partial charge on any atom is -0.368 e. The molecule has 1 aliphatic heterocycles. The van der Waals surface area contributed by atoms with Crippen LogP contribution in [0.3, 0.4) is 0 Å². The summed E-state index contributed by atoms with van der Waals surface area (Å²) in [5.41, 5.74) is 10.7. The summed E-state index contributed by atoms with van der Waals surface area (Å²) in [5, 5.41) is 4.37. The minimum atomic E-state index is 0.225. The molecule has 0 saturated carbocycles. The van der Waals surface area contributed by atoms with Crippen molar-refractivity contribution in [3.8, 4) is 10.4 Å². The van der Waals surface area contributed by atoms with Gasteiger partial charge >= 0.3 is 0 Å². The molecule has 136 valence electrons. The van der Waals surface area contributed by atoms with Crippen LogP contribution in [0.15, 0.2) is 53.7 Å². The second-order valence-corrected chi connectivity index (χ2v) is 7.60. The van der Waals surface area contributed by atoms with Gasteiger partial charge in [0.05, 0.1) is 6.54 Å². The largest absolute Gasteiger partial charge is 0.368 e. The number of aromatic nitrogens is 2. The molecule has 0 radical (unpaired) electrons. The number of thiophene rings is 1. The third-order valence-electron chi connectivity index (χ3n) is 4.65. The zero-order valence-corrected chi connectivity index (χ0v) is 15.5. The average molecular weight is 385 g/mol. The Bertz CT molecular complexity index is 1260. The zero-order chi connectivity index (χ0) is 19.1. The van der Waals surface area contributed by atoms with E-state index in [2.05, 4.69) is 38.5 Å². The number of nitrogens with two attached hydrogens (primary N) is 1. The fourth-order valence-electron chi connectivity index (χ4n) is 3.37. The van der Waals surface area contributed by atoms with Crippen molar-refractivity contribution in [3.05, 3.63) is 65.4 Å². The van der Waals surface area contributed by atoms with Crippen LogP contribution in [0.5, 0.6) is 0 Å². The molecule has 0 bridgehead atoms. The second-order valence-electron chi connectivity index (χ2n) is 6.51. The molecule has 2 aromatic carbocycles. The molecular weight excluding hydrogens is 370 g/mol. The molecule has 2 aromatic heterocycles. The van der Waals surface area contributed by atoms with E-state index in [9.17, 15) is 4.79 Å². The van der Waals surface area contributed by atoms with Gasteiger partial charge in [0.15, 0.2) is 0 Å². The highest BCUT2D eigenvalue weighted by atomic mass is 32.1. The Morgan fingerprint density at radius 1 is 1.14 bits per heavy atom. The highest BCUT2D eigenvalue weighted by Crippen LogP contribution is 2.39. The van der Waals surface area contributed by atoms with E-state index >= 15 is 0 Å². The van der Waals surface area contributed by atoms with E-state index in [0.717, 1.165) is 38.1 Å². The summed E-state index contributed by atoms with van der Waals surface area (Å²) in [7, 11) is 0. The van der Waals surface area contributed by atoms with Crippen LogP contribution in [-0.2, 0) is 6.54 Å². The van der Waals surface area contributed by atoms with Crippen LogP contribution in [0, 0.1) is 0 Å². The van der Waals surface area contributed by atoms with E-state index in [1.807, 2.05) is 24.4 Å². The Morgan fingerprint density at radius 2 is 2.07 bits per heavy atom. The number of benzene rings is 2. The SMILES string of the molecule is Nc1nccc(Nc2cc3c(c(-c4cc5cc(C=O)ccc5s4)c2)CN=C3)n1. The molecule has 0 amide bonds. The van der Waals surface area contributed by atoms with Gasteiger partial charge in [-0.15, -0.1) is 11.3 Å². The summed E-state index contributed by atoms with van der Waals surface area (Å²) >= 11 is 1.71. The number of rotatable bonds is 4. The van der Waals surface area contributed by atoms with Crippen molar-refractivity contribution in [2.45, 2.75) is 6.54 Å². The van der Waals surface area contributed by atoms with Gasteiger partial charge in [-0.2, -0.15) is 4.98 Å². The number of carbonyl (C=O) groups excluding carboxylic acids is 1. The first-order chi connectivity index (χ1) is 13.7. The second kappa shape index (κ2) is 6.54. The van der Waals surface area contributed by atoms with Crippen molar-refractivity contribution in [2.24, 2.45) is 4.99 Å². The summed E-state index contributed by atoms with van der Waals surface area (Å²) in [6.07, 6.45) is 4.40. The molecule has 6 nitrogen and oxygen atoms in total. The molecule has 0 aliphatic carbocycles. The molecule has 0 fully saturated rings. The van der Waals surface area contributed by atoms with Crippen LogP contribution in [0.1, 0.15) is 21.5 Å². The molecular formula is C21H15N5OS. The summed E-state index contributed by atoms with van der Waals surface area (Å²) < 4.78 is 1.15. The number of carbonyl (C=O) groups is 1. The Kier molecular flexibility index (Phi) is 3.87. The normalized spacial score (nSPS) is 12.3. The van der Waals surface area contributed by atoms with E-state index in [0.29, 0.717) is 17.9 Å². The van der Waals surface area contributed by atoms with Crippen molar-refractivity contribution in [2.75, 3.05) is 11.1 Å². The van der Waals surface area contributed by atoms with E-state index in [1.54, 1.807) is 23.6 Å². The fraction of sp³-hybridized carbons (Fsp3) is 0.0476. The molecule has 0 atom stereocenters. The lowest BCUT2D eigenvalue weighted by Gasteiger charge is -2.11. The van der Waals surface area contributed by atoms with Crippen LogP contribution >= 0.6 is 11.3 Å². The number of nitrogen functional groups attached to an aromatic ring is 1. The lowest BCUT2D eigenvalue weighted by Crippen LogP contribution is -2.00. The summed E-state index contributed by atoms with van der Waals surface area (Å²) in [6, 6.07) is 13.8. The van der Waals surface area contributed by atoms with Crippen LogP contribution in [-0.4, -0.2) is 22.5 Å². The molecule has 4 aromatic rings. The first kappa shape index (κ1) is 16.6. The van der Waals surface area contributed by atoms with Crippen molar-refractivity contribution in [3.63, 3.8) is 0 Å². The number of hydrogen-bond donors (Lipinski definition) is 2. The van der Waals surface area contributed by atoms with Gasteiger partial charge in [-0.1, -0.05) is 6.07 Å². The Hall–Kier alpha value is -3.58. The maximum absolute atomic E-state index is 11.1. The Balaban J connectivity index is 1.61. The van der Waals surface area contributed by atoms with E-state index in [1.165, 1.54) is 5.56 Å². The van der Waals surface area contributed by atoms with Gasteiger partial charge < -0.3 is 11.1 Å². The predicted octanol–water partition coefficient (Wildman–Crippen LogP) is 4.43. The molecule has 1 aliphatic rings. The number of nitrogens with one attached hydrogen (secondary N) is 1. The molecule has 0 spiro atoms. The topological polar surface area (TPSA) is 93.3 Å². The molecule has 0 unspecified atom stereocenters. The summed E-state index contributed by atoms with van der Waals surface area (Å²) in [4.78, 5) is 24.8. The van der Waals surface area contributed by atoms with E-state index < -0.39 is 0 Å². The van der Waals surface area contributed by atoms with Crippen LogP contribution < -0.4 is 11.1 Å². The molecule has 3 N–H and O–H groups in total. The van der Waals surface area contributed by atoms with E-state index in [4.69, 9.17) is 5.73 Å². The number of fused-ring (bicyclic) bond motifs is 2. The zero-order valence-electron chi connectivity index (χ0n) is 14.7. The molecule has 28 heavy (non-hydrogen) atoms. The van der Waals surface area contributed by atoms with Gasteiger partial charge in [-0.05, 0) is 52.9 Å². The number of anilines is 3. The van der Waals surface area contributed by atoms with Crippen molar-refractivity contribution in [1.29, 1.82) is 0 Å². The van der Waals surface area contributed by atoms with Gasteiger partial charge in [0, 0.05) is 38.8 Å². The maximum Gasteiger partial charge on any atom is 0.221 e. The van der Waals surface area contributed by atoms with E-state index in [-0.39, 0.29) is 5.95 Å². The lowest BCUT2D eigenvalue weighted by atomic mass is 10.00. The quantitative estimate of drug-likeness (QED) is 0.507. The molecule has 5 rings (SSSR count). The van der Waals surface area contributed by atoms with Crippen LogP contribution in [0.25, 0.3) is 20.5 Å². The Morgan fingerprint density at radius 3 is 2.93 bits per heavy atom. The van der Waals surface area contributed by atoms with Crippen LogP contribution in [0.4, 0.5) is 17.5 Å². The van der Waals surface area contributed by atoms with Crippen molar-refractivity contribution >= 4 is 51.4 Å². The molecule has 3 heterocycles. The predicted molar refractivity (Wildman–Crippen MR) is 114 cm³/mol. The van der Waals surface area contributed by atoms with Gasteiger partial charge in [0.25, 0.3) is 0 Å². The number of aliphatic imine (C=N–C) groups is 1. The molecule has 7 heteroatoms. The minimum absolute atomic E-state index is 0.225. The van der Waals surface area contributed by atoms with Crippen LogP contribution in [0.2, 0.25) is 0 Å². The first-order valence-corrected chi connectivity index (χ1v) is 9.53. The number of hydrogen-bond acceptors (Lipinski definition) is 7. The highest BCUT2D eigenvalue weighted by molar-refractivity contribution is 7.22. The standard InChI is InChI=1S/C21H15N5OS/c22-21-24-4-3-20(26-21)25-15-6-14-9-23-10-17(14)16(8-15)19-7-13-5-12(11-27)1-2-18(13)28-19/h1-9,11H,10H2,(H3,22,24,25,26). The monoisotopic (exact) mass is 385 g/mol. The van der Waals surface area contributed by atoms with Gasteiger partial charge in [-0.25, -0.2) is 4.98 Å². The lowest BCUT2D eigenvalue weighted by molar-refractivity contribution is 0.112. The third-order valence-corrected chi connectivity index (χ3v) is 5.80. The fourth-order valence-corrected chi connectivity index (χ4v) is 4.46. The first-order valence-electron chi connectivity index (χ1n) is 8.71. The average Bonchev–Trinajstić information content (AvgIpc) is 3.33. The van der Waals surface area contributed by atoms with Crippen molar-refractivity contribution in [1.82, 2.24) is 9.97 Å². The smallest absolute Gasteiger partial charge is 0.221 e. The van der Waals surface area contributed by atoms with Gasteiger partial charge in [0.2, 0.25) is 5.95 Å². The Labute approximate surface area is 164 Å². The van der Waals surface area contributed by atoms with Gasteiger partial charge in [0.1, 0.15) is 12.1 Å². The van der Waals surface area contributed by atoms with Crippen molar-refractivity contribution < 1.29 is 4.79 Å². The highest BCUT2D eigenvalue weighted by Gasteiger charge is 2.17. The third kappa shape index (κ3) is 2.91. The summed E-state index contributed by atoms with van der Waals surface area (Å²) in [5.74, 6) is 0.865. The molecule has 0 saturated heterocycles. The maximum atomic E-state index is 11.1. The number of aldehydes is 1. The summed E-state index contributed by atoms with van der Waals surface area (Å²) in [6.45, 7) is 0.666. The van der Waals surface area contributed by atoms with Gasteiger partial charge in [-0.3, -0.25) is 9.79 Å². The number of nitrogens with zero attached hydrogens (tertiary/aromatic N) is 3.